The third kappa shape index (κ3) is 4.20. The molecule has 2 aliphatic heterocycles. The molecule has 2 aromatic rings. The van der Waals surface area contributed by atoms with Crippen molar-refractivity contribution in [3.05, 3.63) is 48.0 Å². The number of carbonyl (C=O) groups excluding carboxylic acids is 2. The molecule has 5 heteroatoms. The number of fused-ring (bicyclic) bond motifs is 1. The van der Waals surface area contributed by atoms with Gasteiger partial charge in [-0.1, -0.05) is 63.2 Å². The summed E-state index contributed by atoms with van der Waals surface area (Å²) >= 11 is 0. The Balaban J connectivity index is 1.50. The molecule has 2 fully saturated rings. The lowest BCUT2D eigenvalue weighted by atomic mass is 9.80. The van der Waals surface area contributed by atoms with Crippen LogP contribution in [0.25, 0.3) is 10.8 Å². The number of rotatable bonds is 6. The fraction of sp³-hybridized carbons (Fsp3) is 0.538. The number of benzene rings is 2. The summed E-state index contributed by atoms with van der Waals surface area (Å²) in [6, 6.07) is 14.6. The van der Waals surface area contributed by atoms with Crippen LogP contribution in [-0.2, 0) is 16.1 Å². The molecule has 2 aromatic carbocycles. The van der Waals surface area contributed by atoms with Crippen molar-refractivity contribution in [2.24, 2.45) is 5.92 Å². The van der Waals surface area contributed by atoms with E-state index in [0.29, 0.717) is 31.7 Å². The molecular weight excluding hydrogens is 386 g/mol. The van der Waals surface area contributed by atoms with Gasteiger partial charge in [-0.3, -0.25) is 14.5 Å². The van der Waals surface area contributed by atoms with Gasteiger partial charge in [-0.25, -0.2) is 0 Å². The highest BCUT2D eigenvalue weighted by molar-refractivity contribution is 6.00. The zero-order valence-corrected chi connectivity index (χ0v) is 19.1. The lowest BCUT2D eigenvalue weighted by Gasteiger charge is -2.52. The van der Waals surface area contributed by atoms with Crippen molar-refractivity contribution >= 4 is 22.6 Å². The van der Waals surface area contributed by atoms with E-state index in [4.69, 9.17) is 0 Å². The molecule has 4 rings (SSSR count). The molecule has 2 saturated heterocycles. The van der Waals surface area contributed by atoms with E-state index in [1.165, 1.54) is 16.3 Å². The first-order valence-corrected chi connectivity index (χ1v) is 11.8. The molecule has 0 saturated carbocycles. The van der Waals surface area contributed by atoms with E-state index in [1.54, 1.807) is 0 Å². The fourth-order valence-corrected chi connectivity index (χ4v) is 5.30. The van der Waals surface area contributed by atoms with E-state index in [2.05, 4.69) is 73.5 Å². The van der Waals surface area contributed by atoms with Gasteiger partial charge in [0.25, 0.3) is 0 Å². The third-order valence-corrected chi connectivity index (χ3v) is 6.92. The van der Waals surface area contributed by atoms with Crippen LogP contribution in [-0.4, -0.2) is 52.8 Å². The maximum absolute atomic E-state index is 13.3. The second-order valence-corrected chi connectivity index (χ2v) is 9.59. The number of hydrogen-bond acceptors (Lipinski definition) is 3. The van der Waals surface area contributed by atoms with Crippen molar-refractivity contribution in [1.82, 2.24) is 15.1 Å². The number of piperazine rings is 1. The number of likely N-dealkylation sites (tertiary alicyclic amines) is 1. The second-order valence-electron chi connectivity index (χ2n) is 9.59. The van der Waals surface area contributed by atoms with Crippen LogP contribution < -0.4 is 5.32 Å². The first-order chi connectivity index (χ1) is 14.9. The van der Waals surface area contributed by atoms with Crippen LogP contribution >= 0.6 is 0 Å². The zero-order valence-electron chi connectivity index (χ0n) is 19.1. The van der Waals surface area contributed by atoms with Gasteiger partial charge in [0, 0.05) is 26.2 Å². The molecule has 2 heterocycles. The molecule has 0 bridgehead atoms. The molecule has 1 N–H and O–H groups in total. The molecule has 2 aliphatic rings. The van der Waals surface area contributed by atoms with Gasteiger partial charge in [0.05, 0.1) is 0 Å². The van der Waals surface area contributed by atoms with Crippen molar-refractivity contribution in [1.29, 1.82) is 0 Å². The average Bonchev–Trinajstić information content (AvgIpc) is 2.76. The van der Waals surface area contributed by atoms with Gasteiger partial charge in [-0.15, -0.1) is 0 Å². The summed E-state index contributed by atoms with van der Waals surface area (Å²) in [5.41, 5.74) is 0.635. The number of carbonyl (C=O) groups is 2. The molecule has 2 amide bonds. The number of piperidine rings is 1. The summed E-state index contributed by atoms with van der Waals surface area (Å²) in [6.07, 6.45) is 2.97. The average molecular weight is 422 g/mol. The maximum Gasteiger partial charge on any atom is 0.246 e. The van der Waals surface area contributed by atoms with Crippen LogP contribution in [0.2, 0.25) is 0 Å². The van der Waals surface area contributed by atoms with Gasteiger partial charge >= 0.3 is 0 Å². The minimum atomic E-state index is -0.685. The molecule has 0 aromatic heterocycles. The minimum absolute atomic E-state index is 0.0519. The summed E-state index contributed by atoms with van der Waals surface area (Å²) in [6.45, 7) is 9.44. The Hall–Kier alpha value is -2.40. The Bertz CT molecular complexity index is 941. The van der Waals surface area contributed by atoms with Gasteiger partial charge < -0.3 is 10.2 Å². The Morgan fingerprint density at radius 2 is 1.77 bits per heavy atom. The Labute approximate surface area is 185 Å². The number of nitrogens with one attached hydrogen (secondary N) is 1. The Kier molecular flexibility index (Phi) is 6.33. The maximum atomic E-state index is 13.3. The van der Waals surface area contributed by atoms with Crippen LogP contribution in [0.4, 0.5) is 0 Å². The quantitative estimate of drug-likeness (QED) is 0.768. The summed E-state index contributed by atoms with van der Waals surface area (Å²) < 4.78 is 0. The molecule has 31 heavy (non-hydrogen) atoms. The predicted molar refractivity (Wildman–Crippen MR) is 125 cm³/mol. The Morgan fingerprint density at radius 3 is 2.48 bits per heavy atom. The van der Waals surface area contributed by atoms with E-state index >= 15 is 0 Å². The van der Waals surface area contributed by atoms with Gasteiger partial charge in [-0.2, -0.15) is 0 Å². The SMILES string of the molecule is CCCN1C(=O)C(CC(C)C)NC(=O)C12CCN(Cc1cccc3ccccc13)CC2. The highest BCUT2D eigenvalue weighted by Gasteiger charge is 2.53. The molecule has 166 valence electrons. The van der Waals surface area contributed by atoms with Crippen LogP contribution in [0, 0.1) is 5.92 Å². The second kappa shape index (κ2) is 8.99. The molecule has 1 spiro atoms. The zero-order chi connectivity index (χ0) is 22.0. The number of amides is 2. The van der Waals surface area contributed by atoms with Gasteiger partial charge in [0.15, 0.2) is 0 Å². The normalized spacial score (nSPS) is 21.8. The Morgan fingerprint density at radius 1 is 1.06 bits per heavy atom. The first-order valence-electron chi connectivity index (χ1n) is 11.8. The summed E-state index contributed by atoms with van der Waals surface area (Å²) in [5.74, 6) is 0.531. The number of hydrogen-bond donors (Lipinski definition) is 1. The van der Waals surface area contributed by atoms with Crippen molar-refractivity contribution in [2.75, 3.05) is 19.6 Å². The first kappa shape index (κ1) is 21.8. The number of nitrogens with zero attached hydrogens (tertiary/aromatic N) is 2. The highest BCUT2D eigenvalue weighted by Crippen LogP contribution is 2.35. The van der Waals surface area contributed by atoms with Crippen LogP contribution in [0.15, 0.2) is 42.5 Å². The molecule has 0 radical (unpaired) electrons. The monoisotopic (exact) mass is 421 g/mol. The van der Waals surface area contributed by atoms with Gasteiger partial charge in [-0.05, 0) is 47.9 Å². The predicted octanol–water partition coefficient (Wildman–Crippen LogP) is 3.96. The van der Waals surface area contributed by atoms with Gasteiger partial charge in [0.2, 0.25) is 11.8 Å². The summed E-state index contributed by atoms with van der Waals surface area (Å²) in [7, 11) is 0. The molecule has 1 unspecified atom stereocenters. The van der Waals surface area contributed by atoms with Gasteiger partial charge in [0.1, 0.15) is 11.6 Å². The molecular formula is C26H35N3O2. The van der Waals surface area contributed by atoms with E-state index in [0.717, 1.165) is 26.1 Å². The largest absolute Gasteiger partial charge is 0.342 e. The lowest BCUT2D eigenvalue weighted by molar-refractivity contribution is -0.161. The molecule has 0 aliphatic carbocycles. The van der Waals surface area contributed by atoms with E-state index in [1.807, 2.05) is 4.90 Å². The highest BCUT2D eigenvalue weighted by atomic mass is 16.2. The lowest BCUT2D eigenvalue weighted by Crippen LogP contribution is -2.73. The summed E-state index contributed by atoms with van der Waals surface area (Å²) in [5, 5.41) is 5.64. The third-order valence-electron chi connectivity index (χ3n) is 6.92. The standard InChI is InChI=1S/C26H35N3O2/c1-4-14-29-24(30)23(17-19(2)3)27-25(31)26(29)12-15-28(16-13-26)18-21-10-7-9-20-8-5-6-11-22(20)21/h5-11,19,23H,4,12-18H2,1-3H3,(H,27,31). The van der Waals surface area contributed by atoms with Crippen molar-refractivity contribution < 1.29 is 9.59 Å². The topological polar surface area (TPSA) is 52.7 Å². The van der Waals surface area contributed by atoms with Crippen molar-refractivity contribution in [3.8, 4) is 0 Å². The van der Waals surface area contributed by atoms with Crippen molar-refractivity contribution in [3.63, 3.8) is 0 Å². The smallest absolute Gasteiger partial charge is 0.246 e. The van der Waals surface area contributed by atoms with Crippen molar-refractivity contribution in [2.45, 2.75) is 64.6 Å². The van der Waals surface area contributed by atoms with E-state index in [-0.39, 0.29) is 17.9 Å². The summed E-state index contributed by atoms with van der Waals surface area (Å²) in [4.78, 5) is 30.9. The van der Waals surface area contributed by atoms with Crippen LogP contribution in [0.5, 0.6) is 0 Å². The molecule has 5 nitrogen and oxygen atoms in total. The van der Waals surface area contributed by atoms with Crippen LogP contribution in [0.3, 0.4) is 0 Å². The fourth-order valence-electron chi connectivity index (χ4n) is 5.30. The molecule has 1 atom stereocenters. The van der Waals surface area contributed by atoms with E-state index in [9.17, 15) is 9.59 Å². The minimum Gasteiger partial charge on any atom is -0.342 e. The van der Waals surface area contributed by atoms with Crippen LogP contribution in [0.1, 0.15) is 52.0 Å². The van der Waals surface area contributed by atoms with E-state index < -0.39 is 5.54 Å².